The van der Waals surface area contributed by atoms with E-state index in [4.69, 9.17) is 0 Å². The Labute approximate surface area is 105 Å². The quantitative estimate of drug-likeness (QED) is 0.797. The van der Waals surface area contributed by atoms with Crippen molar-refractivity contribution >= 4 is 0 Å². The summed E-state index contributed by atoms with van der Waals surface area (Å²) in [4.78, 5) is 0. The maximum Gasteiger partial charge on any atom is 0.161 e. The molecule has 1 aliphatic rings. The highest BCUT2D eigenvalue weighted by molar-refractivity contribution is 5.29. The minimum atomic E-state index is -1.12. The van der Waals surface area contributed by atoms with Gasteiger partial charge in [-0.1, -0.05) is 13.8 Å². The Kier molecular flexibility index (Phi) is 3.95. The molecule has 1 aliphatic carbocycles. The number of benzene rings is 1. The van der Waals surface area contributed by atoms with Gasteiger partial charge in [0.05, 0.1) is 0 Å². The molecule has 100 valence electrons. The Morgan fingerprint density at radius 2 is 1.83 bits per heavy atom. The molecule has 0 aromatic heterocycles. The van der Waals surface area contributed by atoms with Gasteiger partial charge in [-0.25, -0.2) is 13.2 Å². The van der Waals surface area contributed by atoms with Gasteiger partial charge in [0.2, 0.25) is 0 Å². The molecule has 0 aliphatic heterocycles. The number of hydrogen-bond acceptors (Lipinski definition) is 1. The molecule has 0 bridgehead atoms. The Balaban J connectivity index is 1.93. The van der Waals surface area contributed by atoms with Gasteiger partial charge in [0.15, 0.2) is 11.6 Å². The zero-order valence-corrected chi connectivity index (χ0v) is 10.6. The van der Waals surface area contributed by atoms with Gasteiger partial charge in [0.25, 0.3) is 0 Å². The molecule has 2 atom stereocenters. The second-order valence-electron chi connectivity index (χ2n) is 5.44. The van der Waals surface area contributed by atoms with Crippen LogP contribution < -0.4 is 5.32 Å². The molecule has 0 spiro atoms. The van der Waals surface area contributed by atoms with Gasteiger partial charge in [-0.05, 0) is 48.9 Å². The molecule has 0 saturated heterocycles. The highest BCUT2D eigenvalue weighted by atomic mass is 19.2. The van der Waals surface area contributed by atoms with E-state index in [1.54, 1.807) is 0 Å². The first-order chi connectivity index (χ1) is 8.49. The van der Waals surface area contributed by atoms with Crippen molar-refractivity contribution in [3.05, 3.63) is 35.1 Å². The van der Waals surface area contributed by atoms with Crippen molar-refractivity contribution < 1.29 is 13.2 Å². The summed E-state index contributed by atoms with van der Waals surface area (Å²) in [5.74, 6) is -1.78. The van der Waals surface area contributed by atoms with E-state index >= 15 is 0 Å². The standard InChI is InChI=1S/C14H18F3N/c1-8(2)6-18-7-9-3-10(9)11-4-13(16)14(17)5-12(11)15/h4-5,8-10,18H,3,6-7H2,1-2H3. The van der Waals surface area contributed by atoms with Gasteiger partial charge in [0, 0.05) is 6.07 Å². The lowest BCUT2D eigenvalue weighted by Crippen LogP contribution is -2.22. The van der Waals surface area contributed by atoms with Crippen molar-refractivity contribution in [1.82, 2.24) is 5.32 Å². The van der Waals surface area contributed by atoms with Crippen molar-refractivity contribution in [3.8, 4) is 0 Å². The molecule has 1 aromatic carbocycles. The van der Waals surface area contributed by atoms with Gasteiger partial charge in [-0.3, -0.25) is 0 Å². The van der Waals surface area contributed by atoms with E-state index in [1.165, 1.54) is 0 Å². The SMILES string of the molecule is CC(C)CNCC1CC1c1cc(F)c(F)cc1F. The summed E-state index contributed by atoms with van der Waals surface area (Å²) < 4.78 is 39.4. The highest BCUT2D eigenvalue weighted by Gasteiger charge is 2.39. The van der Waals surface area contributed by atoms with Gasteiger partial charge in [0.1, 0.15) is 5.82 Å². The summed E-state index contributed by atoms with van der Waals surface area (Å²) in [6.45, 7) is 5.96. The second-order valence-corrected chi connectivity index (χ2v) is 5.44. The number of halogens is 3. The highest BCUT2D eigenvalue weighted by Crippen LogP contribution is 2.48. The van der Waals surface area contributed by atoms with Crippen LogP contribution in [0.15, 0.2) is 12.1 Å². The number of hydrogen-bond donors (Lipinski definition) is 1. The van der Waals surface area contributed by atoms with Crippen molar-refractivity contribution in [1.29, 1.82) is 0 Å². The predicted molar refractivity (Wildman–Crippen MR) is 64.9 cm³/mol. The molecule has 4 heteroatoms. The topological polar surface area (TPSA) is 12.0 Å². The van der Waals surface area contributed by atoms with E-state index in [1.807, 2.05) is 0 Å². The van der Waals surface area contributed by atoms with E-state index in [-0.39, 0.29) is 5.92 Å². The molecule has 2 rings (SSSR count). The lowest BCUT2D eigenvalue weighted by Gasteiger charge is -2.07. The molecule has 0 heterocycles. The lowest BCUT2D eigenvalue weighted by molar-refractivity contribution is 0.488. The van der Waals surface area contributed by atoms with Crippen molar-refractivity contribution in [2.75, 3.05) is 13.1 Å². The van der Waals surface area contributed by atoms with Crippen molar-refractivity contribution in [3.63, 3.8) is 0 Å². The Hall–Kier alpha value is -1.03. The molecule has 0 radical (unpaired) electrons. The maximum absolute atomic E-state index is 13.5. The fourth-order valence-corrected chi connectivity index (χ4v) is 2.23. The molecule has 1 aromatic rings. The molecule has 0 amide bonds. The first-order valence-electron chi connectivity index (χ1n) is 6.34. The Morgan fingerprint density at radius 1 is 1.17 bits per heavy atom. The van der Waals surface area contributed by atoms with Crippen LogP contribution in [0.2, 0.25) is 0 Å². The first-order valence-corrected chi connectivity index (χ1v) is 6.34. The minimum absolute atomic E-state index is 0.0276. The third kappa shape index (κ3) is 3.05. The molecule has 1 saturated carbocycles. The predicted octanol–water partition coefficient (Wildman–Crippen LogP) is 3.45. The van der Waals surface area contributed by atoms with Crippen molar-refractivity contribution in [2.24, 2.45) is 11.8 Å². The molecule has 1 fully saturated rings. The van der Waals surface area contributed by atoms with E-state index in [0.717, 1.165) is 25.6 Å². The zero-order valence-electron chi connectivity index (χ0n) is 10.6. The summed E-state index contributed by atoms with van der Waals surface area (Å²) in [5, 5.41) is 3.30. The number of nitrogens with one attached hydrogen (secondary N) is 1. The summed E-state index contributed by atoms with van der Waals surface area (Å²) in [5.41, 5.74) is 0.310. The van der Waals surface area contributed by atoms with Crippen LogP contribution in [0.5, 0.6) is 0 Å². The van der Waals surface area contributed by atoms with Gasteiger partial charge >= 0.3 is 0 Å². The minimum Gasteiger partial charge on any atom is -0.316 e. The molecule has 1 N–H and O–H groups in total. The summed E-state index contributed by atoms with van der Waals surface area (Å²) in [6, 6.07) is 1.64. The van der Waals surface area contributed by atoms with Crippen LogP contribution in [0.3, 0.4) is 0 Å². The van der Waals surface area contributed by atoms with Crippen molar-refractivity contribution in [2.45, 2.75) is 26.2 Å². The third-order valence-corrected chi connectivity index (χ3v) is 3.32. The smallest absolute Gasteiger partial charge is 0.161 e. The fourth-order valence-electron chi connectivity index (χ4n) is 2.23. The molecule has 1 nitrogen and oxygen atoms in total. The monoisotopic (exact) mass is 257 g/mol. The van der Waals surface area contributed by atoms with Gasteiger partial charge in [-0.15, -0.1) is 0 Å². The second kappa shape index (κ2) is 5.31. The lowest BCUT2D eigenvalue weighted by atomic mass is 10.1. The molecular weight excluding hydrogens is 239 g/mol. The largest absolute Gasteiger partial charge is 0.316 e. The Morgan fingerprint density at radius 3 is 2.50 bits per heavy atom. The summed E-state index contributed by atoms with van der Waals surface area (Å²) >= 11 is 0. The van der Waals surface area contributed by atoms with Gasteiger partial charge in [-0.2, -0.15) is 0 Å². The van der Waals surface area contributed by atoms with E-state index in [2.05, 4.69) is 19.2 Å². The average Bonchev–Trinajstić information content (AvgIpc) is 3.02. The van der Waals surface area contributed by atoms with Crippen LogP contribution >= 0.6 is 0 Å². The van der Waals surface area contributed by atoms with Crippen LogP contribution in [-0.2, 0) is 0 Å². The fraction of sp³-hybridized carbons (Fsp3) is 0.571. The normalized spacial score (nSPS) is 22.6. The van der Waals surface area contributed by atoms with E-state index in [0.29, 0.717) is 23.5 Å². The molecule has 2 unspecified atom stereocenters. The van der Waals surface area contributed by atoms with Crippen LogP contribution in [0, 0.1) is 29.3 Å². The zero-order chi connectivity index (χ0) is 13.3. The average molecular weight is 257 g/mol. The maximum atomic E-state index is 13.5. The van der Waals surface area contributed by atoms with Gasteiger partial charge < -0.3 is 5.32 Å². The van der Waals surface area contributed by atoms with Crippen LogP contribution in [0.1, 0.15) is 31.7 Å². The van der Waals surface area contributed by atoms with Crippen LogP contribution in [0.25, 0.3) is 0 Å². The summed E-state index contributed by atoms with van der Waals surface area (Å²) in [6.07, 6.45) is 0.840. The van der Waals surface area contributed by atoms with E-state index in [9.17, 15) is 13.2 Å². The third-order valence-electron chi connectivity index (χ3n) is 3.32. The first kappa shape index (κ1) is 13.4. The molecular formula is C14H18F3N. The van der Waals surface area contributed by atoms with Crippen LogP contribution in [-0.4, -0.2) is 13.1 Å². The van der Waals surface area contributed by atoms with Crippen LogP contribution in [0.4, 0.5) is 13.2 Å². The molecule has 18 heavy (non-hydrogen) atoms. The Bertz CT molecular complexity index is 431. The number of rotatable bonds is 5. The summed E-state index contributed by atoms with van der Waals surface area (Å²) in [7, 11) is 0. The van der Waals surface area contributed by atoms with E-state index < -0.39 is 17.5 Å².